The highest BCUT2D eigenvalue weighted by Gasteiger charge is 2.41. The molecular weight excluding hydrogens is 202 g/mol. The van der Waals surface area contributed by atoms with Crippen molar-refractivity contribution in [1.82, 2.24) is 5.32 Å². The van der Waals surface area contributed by atoms with E-state index < -0.39 is 0 Å². The molecule has 3 unspecified atom stereocenters. The Morgan fingerprint density at radius 1 is 1.38 bits per heavy atom. The molecule has 0 radical (unpaired) electrons. The van der Waals surface area contributed by atoms with Crippen LogP contribution in [0.2, 0.25) is 0 Å². The topological polar surface area (TPSA) is 30.5 Å². The van der Waals surface area contributed by atoms with Crippen molar-refractivity contribution in [3.63, 3.8) is 0 Å². The lowest BCUT2D eigenvalue weighted by Gasteiger charge is -2.34. The van der Waals surface area contributed by atoms with E-state index in [0.717, 1.165) is 18.8 Å². The molecule has 0 aliphatic carbocycles. The molecule has 2 heterocycles. The first-order valence-electron chi connectivity index (χ1n) is 5.98. The van der Waals surface area contributed by atoms with Crippen molar-refractivity contribution in [3.05, 3.63) is 29.8 Å². The van der Waals surface area contributed by atoms with Crippen LogP contribution in [0.5, 0.6) is 5.75 Å². The minimum Gasteiger partial charge on any atom is -0.464 e. The molecule has 0 amide bonds. The number of nitrogens with one attached hydrogen (secondary N) is 1. The number of benzene rings is 1. The maximum absolute atomic E-state index is 5.92. The maximum Gasteiger partial charge on any atom is 0.204 e. The summed E-state index contributed by atoms with van der Waals surface area (Å²) in [7, 11) is 0. The number of hydrogen-bond donors (Lipinski definition) is 1. The number of hydrogen-bond acceptors (Lipinski definition) is 3. The van der Waals surface area contributed by atoms with Crippen LogP contribution in [0.3, 0.4) is 0 Å². The van der Waals surface area contributed by atoms with Gasteiger partial charge in [0.05, 0.1) is 0 Å². The first kappa shape index (κ1) is 10.1. The molecule has 3 nitrogen and oxygen atoms in total. The summed E-state index contributed by atoms with van der Waals surface area (Å²) in [5.41, 5.74) is 1.33. The summed E-state index contributed by atoms with van der Waals surface area (Å²) in [5, 5.41) is 3.43. The Bertz CT molecular complexity index is 380. The molecule has 1 fully saturated rings. The van der Waals surface area contributed by atoms with Gasteiger partial charge in [0, 0.05) is 31.5 Å². The van der Waals surface area contributed by atoms with Gasteiger partial charge in [0.2, 0.25) is 6.29 Å². The van der Waals surface area contributed by atoms with E-state index >= 15 is 0 Å². The monoisotopic (exact) mass is 219 g/mol. The number of fused-ring (bicyclic) bond motifs is 3. The third-order valence-corrected chi connectivity index (χ3v) is 3.50. The Morgan fingerprint density at radius 3 is 3.12 bits per heavy atom. The molecule has 2 aliphatic rings. The first-order chi connectivity index (χ1) is 7.90. The molecule has 1 saturated heterocycles. The zero-order valence-electron chi connectivity index (χ0n) is 9.48. The van der Waals surface area contributed by atoms with Crippen LogP contribution in [-0.2, 0) is 4.74 Å². The van der Waals surface area contributed by atoms with E-state index in [1.54, 1.807) is 0 Å². The molecule has 0 bridgehead atoms. The molecule has 3 atom stereocenters. The van der Waals surface area contributed by atoms with Gasteiger partial charge in [-0.15, -0.1) is 0 Å². The van der Waals surface area contributed by atoms with Gasteiger partial charge in [-0.3, -0.25) is 0 Å². The summed E-state index contributed by atoms with van der Waals surface area (Å²) < 4.78 is 11.6. The Balaban J connectivity index is 1.95. The minimum absolute atomic E-state index is 0.0834. The van der Waals surface area contributed by atoms with Crippen molar-refractivity contribution in [3.8, 4) is 5.75 Å². The molecule has 0 spiro atoms. The lowest BCUT2D eigenvalue weighted by molar-refractivity contribution is -0.119. The molecule has 3 heteroatoms. The standard InChI is InChI=1S/C13H17NO2/c1-2-15-13-11-8-14-7-10(11)9-5-3-4-6-12(9)16-13/h3-6,10-11,13-14H,2,7-8H2,1H3. The number of para-hydroxylation sites is 1. The Kier molecular flexibility index (Phi) is 2.58. The van der Waals surface area contributed by atoms with Gasteiger partial charge in [-0.05, 0) is 18.6 Å². The average molecular weight is 219 g/mol. The summed E-state index contributed by atoms with van der Waals surface area (Å²) >= 11 is 0. The molecule has 3 rings (SSSR count). The zero-order valence-corrected chi connectivity index (χ0v) is 9.48. The van der Waals surface area contributed by atoms with Crippen molar-refractivity contribution in [2.24, 2.45) is 5.92 Å². The fourth-order valence-corrected chi connectivity index (χ4v) is 2.75. The number of ether oxygens (including phenoxy) is 2. The summed E-state index contributed by atoms with van der Waals surface area (Å²) in [4.78, 5) is 0. The van der Waals surface area contributed by atoms with Crippen LogP contribution in [0.1, 0.15) is 18.4 Å². The highest BCUT2D eigenvalue weighted by atomic mass is 16.7. The molecule has 0 saturated carbocycles. The van der Waals surface area contributed by atoms with Crippen LogP contribution in [0.15, 0.2) is 24.3 Å². The van der Waals surface area contributed by atoms with Gasteiger partial charge in [-0.25, -0.2) is 0 Å². The molecule has 2 aliphatic heterocycles. The Morgan fingerprint density at radius 2 is 2.25 bits per heavy atom. The van der Waals surface area contributed by atoms with Gasteiger partial charge < -0.3 is 14.8 Å². The lowest BCUT2D eigenvalue weighted by atomic mass is 9.86. The molecule has 0 aromatic heterocycles. The quantitative estimate of drug-likeness (QED) is 0.822. The molecule has 1 N–H and O–H groups in total. The Labute approximate surface area is 95.8 Å². The summed E-state index contributed by atoms with van der Waals surface area (Å²) in [5.74, 6) is 1.99. The fourth-order valence-electron chi connectivity index (χ4n) is 2.75. The highest BCUT2D eigenvalue weighted by molar-refractivity contribution is 5.39. The van der Waals surface area contributed by atoms with E-state index in [4.69, 9.17) is 9.47 Å². The van der Waals surface area contributed by atoms with E-state index in [2.05, 4.69) is 17.4 Å². The largest absolute Gasteiger partial charge is 0.464 e. The normalized spacial score (nSPS) is 31.7. The number of rotatable bonds is 2. The highest BCUT2D eigenvalue weighted by Crippen LogP contribution is 2.41. The minimum atomic E-state index is -0.0834. The predicted molar refractivity (Wildman–Crippen MR) is 61.6 cm³/mol. The van der Waals surface area contributed by atoms with E-state index in [1.807, 2.05) is 19.1 Å². The predicted octanol–water partition coefficient (Wildman–Crippen LogP) is 1.74. The van der Waals surface area contributed by atoms with Crippen LogP contribution in [0.25, 0.3) is 0 Å². The van der Waals surface area contributed by atoms with Gasteiger partial charge in [-0.2, -0.15) is 0 Å². The van der Waals surface area contributed by atoms with Crippen LogP contribution >= 0.6 is 0 Å². The van der Waals surface area contributed by atoms with E-state index in [9.17, 15) is 0 Å². The van der Waals surface area contributed by atoms with Gasteiger partial charge in [0.15, 0.2) is 0 Å². The van der Waals surface area contributed by atoms with E-state index in [1.165, 1.54) is 5.56 Å². The maximum atomic E-state index is 5.92. The third kappa shape index (κ3) is 1.51. The van der Waals surface area contributed by atoms with Gasteiger partial charge >= 0.3 is 0 Å². The van der Waals surface area contributed by atoms with Gasteiger partial charge in [-0.1, -0.05) is 18.2 Å². The second-order valence-electron chi connectivity index (χ2n) is 4.41. The molecule has 1 aromatic rings. The van der Waals surface area contributed by atoms with E-state index in [0.29, 0.717) is 18.4 Å². The average Bonchev–Trinajstić information content (AvgIpc) is 2.79. The zero-order chi connectivity index (χ0) is 11.0. The molecule has 16 heavy (non-hydrogen) atoms. The smallest absolute Gasteiger partial charge is 0.204 e. The summed E-state index contributed by atoms with van der Waals surface area (Å²) in [6.45, 7) is 4.75. The first-order valence-corrected chi connectivity index (χ1v) is 5.98. The molecule has 1 aromatic carbocycles. The van der Waals surface area contributed by atoms with E-state index in [-0.39, 0.29) is 6.29 Å². The summed E-state index contributed by atoms with van der Waals surface area (Å²) in [6.07, 6.45) is -0.0834. The van der Waals surface area contributed by atoms with Gasteiger partial charge in [0.1, 0.15) is 5.75 Å². The van der Waals surface area contributed by atoms with Crippen molar-refractivity contribution in [2.45, 2.75) is 19.1 Å². The van der Waals surface area contributed by atoms with Crippen molar-refractivity contribution in [2.75, 3.05) is 19.7 Å². The van der Waals surface area contributed by atoms with Crippen molar-refractivity contribution in [1.29, 1.82) is 0 Å². The van der Waals surface area contributed by atoms with Crippen molar-refractivity contribution >= 4 is 0 Å². The van der Waals surface area contributed by atoms with Crippen LogP contribution in [-0.4, -0.2) is 26.0 Å². The second-order valence-corrected chi connectivity index (χ2v) is 4.41. The SMILES string of the molecule is CCOC1Oc2ccccc2C2CNCC12. The lowest BCUT2D eigenvalue weighted by Crippen LogP contribution is -2.37. The van der Waals surface area contributed by atoms with Crippen molar-refractivity contribution < 1.29 is 9.47 Å². The van der Waals surface area contributed by atoms with Crippen LogP contribution < -0.4 is 10.1 Å². The van der Waals surface area contributed by atoms with Crippen LogP contribution in [0.4, 0.5) is 0 Å². The fraction of sp³-hybridized carbons (Fsp3) is 0.538. The summed E-state index contributed by atoms with van der Waals surface area (Å²) in [6, 6.07) is 8.31. The Hall–Kier alpha value is -1.06. The third-order valence-electron chi connectivity index (χ3n) is 3.50. The molecule has 86 valence electrons. The van der Waals surface area contributed by atoms with Crippen LogP contribution in [0, 0.1) is 5.92 Å². The van der Waals surface area contributed by atoms with Gasteiger partial charge in [0.25, 0.3) is 0 Å². The molecular formula is C13H17NO2. The second kappa shape index (κ2) is 4.07.